The summed E-state index contributed by atoms with van der Waals surface area (Å²) < 4.78 is 64.2. The minimum absolute atomic E-state index is 0.141. The van der Waals surface area contributed by atoms with E-state index in [1.54, 1.807) is 6.92 Å². The van der Waals surface area contributed by atoms with Gasteiger partial charge in [0.05, 0.1) is 18.0 Å². The van der Waals surface area contributed by atoms with Gasteiger partial charge in [-0.05, 0) is 56.5 Å². The highest BCUT2D eigenvalue weighted by molar-refractivity contribution is 5.91. The van der Waals surface area contributed by atoms with E-state index in [9.17, 15) is 22.4 Å². The van der Waals surface area contributed by atoms with E-state index in [4.69, 9.17) is 9.47 Å². The summed E-state index contributed by atoms with van der Waals surface area (Å²) in [5.74, 6) is -5.66. The van der Waals surface area contributed by atoms with Crippen molar-refractivity contribution in [2.24, 2.45) is 0 Å². The van der Waals surface area contributed by atoms with Crippen molar-refractivity contribution in [1.29, 1.82) is 0 Å². The molecule has 0 N–H and O–H groups in total. The smallest absolute Gasteiger partial charge is 0.343 e. The molecule has 7 heteroatoms. The SMILES string of the molecule is CCOc1ccc(OC(=O)c2ccc(CC/C=C(/C)F)c(F)c2)c(F)c1F. The van der Waals surface area contributed by atoms with Crippen LogP contribution >= 0.6 is 0 Å². The maximum atomic E-state index is 14.1. The number of ether oxygens (including phenoxy) is 2. The zero-order chi connectivity index (χ0) is 20.0. The second kappa shape index (κ2) is 9.21. The van der Waals surface area contributed by atoms with E-state index < -0.39 is 29.2 Å². The van der Waals surface area contributed by atoms with Gasteiger partial charge in [0.1, 0.15) is 5.82 Å². The van der Waals surface area contributed by atoms with E-state index in [-0.39, 0.29) is 30.2 Å². The van der Waals surface area contributed by atoms with Crippen molar-refractivity contribution in [1.82, 2.24) is 0 Å². The Balaban J connectivity index is 2.13. The number of allylic oxidation sites excluding steroid dienone is 2. The first-order chi connectivity index (χ1) is 12.8. The second-order valence-corrected chi connectivity index (χ2v) is 5.65. The molecule has 3 nitrogen and oxygen atoms in total. The highest BCUT2D eigenvalue weighted by Gasteiger charge is 2.19. The lowest BCUT2D eigenvalue weighted by atomic mass is 10.1. The molecule has 0 bridgehead atoms. The van der Waals surface area contributed by atoms with E-state index in [2.05, 4.69) is 0 Å². The van der Waals surface area contributed by atoms with Crippen molar-refractivity contribution in [2.45, 2.75) is 26.7 Å². The number of carbonyl (C=O) groups excluding carboxylic acids is 1. The van der Waals surface area contributed by atoms with E-state index in [0.717, 1.165) is 18.2 Å². The fourth-order valence-corrected chi connectivity index (χ4v) is 2.32. The van der Waals surface area contributed by atoms with Crippen LogP contribution in [-0.4, -0.2) is 12.6 Å². The molecule has 0 aliphatic rings. The molecule has 0 heterocycles. The molecule has 144 valence electrons. The lowest BCUT2D eigenvalue weighted by molar-refractivity contribution is 0.0725. The largest absolute Gasteiger partial charge is 0.491 e. The Hall–Kier alpha value is -2.83. The molecule has 0 saturated heterocycles. The summed E-state index contributed by atoms with van der Waals surface area (Å²) in [6.45, 7) is 3.04. The quantitative estimate of drug-likeness (QED) is 0.359. The van der Waals surface area contributed by atoms with Gasteiger partial charge in [-0.1, -0.05) is 12.1 Å². The summed E-state index contributed by atoms with van der Waals surface area (Å²) in [7, 11) is 0. The monoisotopic (exact) mass is 382 g/mol. The molecule has 27 heavy (non-hydrogen) atoms. The summed E-state index contributed by atoms with van der Waals surface area (Å²) >= 11 is 0. The van der Waals surface area contributed by atoms with Crippen LogP contribution in [0.3, 0.4) is 0 Å². The average Bonchev–Trinajstić information content (AvgIpc) is 2.62. The average molecular weight is 382 g/mol. The molecule has 2 aromatic rings. The third-order valence-electron chi connectivity index (χ3n) is 3.64. The molecular formula is C20H18F4O3. The normalized spacial score (nSPS) is 11.4. The predicted molar refractivity (Wildman–Crippen MR) is 92.1 cm³/mol. The van der Waals surface area contributed by atoms with Gasteiger partial charge in [0, 0.05) is 0 Å². The summed E-state index contributed by atoms with van der Waals surface area (Å²) in [6.07, 6.45) is 1.88. The number of carbonyl (C=O) groups is 1. The molecule has 2 rings (SSSR count). The molecule has 0 aliphatic heterocycles. The Labute approximate surface area is 154 Å². The third kappa shape index (κ3) is 5.32. The predicted octanol–water partition coefficient (Wildman–Crippen LogP) is 5.53. The van der Waals surface area contributed by atoms with Crippen LogP contribution in [0.5, 0.6) is 11.5 Å². The molecule has 0 aromatic heterocycles. The van der Waals surface area contributed by atoms with Crippen LogP contribution in [0.2, 0.25) is 0 Å². The summed E-state index contributed by atoms with van der Waals surface area (Å²) in [5, 5.41) is 0. The number of hydrogen-bond acceptors (Lipinski definition) is 3. The molecule has 0 amide bonds. The van der Waals surface area contributed by atoms with Crippen molar-refractivity contribution in [3.05, 3.63) is 70.8 Å². The molecule has 2 aromatic carbocycles. The zero-order valence-electron chi connectivity index (χ0n) is 14.8. The van der Waals surface area contributed by atoms with Gasteiger partial charge in [-0.25, -0.2) is 13.6 Å². The van der Waals surface area contributed by atoms with E-state index >= 15 is 0 Å². The minimum atomic E-state index is -1.38. The number of aryl methyl sites for hydroxylation is 1. The molecule has 0 fully saturated rings. The van der Waals surface area contributed by atoms with Gasteiger partial charge in [0.25, 0.3) is 0 Å². The van der Waals surface area contributed by atoms with E-state index in [1.807, 2.05) is 0 Å². The van der Waals surface area contributed by atoms with Crippen LogP contribution in [0.15, 0.2) is 42.2 Å². The number of halogens is 4. The Bertz CT molecular complexity index is 859. The summed E-state index contributed by atoms with van der Waals surface area (Å²) in [6, 6.07) is 5.79. The topological polar surface area (TPSA) is 35.5 Å². The Morgan fingerprint density at radius 2 is 1.74 bits per heavy atom. The first-order valence-electron chi connectivity index (χ1n) is 8.27. The lowest BCUT2D eigenvalue weighted by Gasteiger charge is -2.10. The van der Waals surface area contributed by atoms with Crippen LogP contribution in [-0.2, 0) is 6.42 Å². The van der Waals surface area contributed by atoms with Crippen molar-refractivity contribution >= 4 is 5.97 Å². The second-order valence-electron chi connectivity index (χ2n) is 5.65. The lowest BCUT2D eigenvalue weighted by Crippen LogP contribution is -2.11. The van der Waals surface area contributed by atoms with Gasteiger partial charge in [-0.2, -0.15) is 8.78 Å². The van der Waals surface area contributed by atoms with Crippen LogP contribution in [0.4, 0.5) is 17.6 Å². The first kappa shape index (κ1) is 20.5. The van der Waals surface area contributed by atoms with Gasteiger partial charge in [0.15, 0.2) is 11.5 Å². The Morgan fingerprint density at radius 3 is 2.37 bits per heavy atom. The molecule has 0 radical (unpaired) electrons. The van der Waals surface area contributed by atoms with Crippen molar-refractivity contribution < 1.29 is 31.8 Å². The summed E-state index contributed by atoms with van der Waals surface area (Å²) in [5.41, 5.74) is 0.129. The van der Waals surface area contributed by atoms with Gasteiger partial charge >= 0.3 is 5.97 Å². The Morgan fingerprint density at radius 1 is 1.07 bits per heavy atom. The molecule has 0 spiro atoms. The minimum Gasteiger partial charge on any atom is -0.491 e. The number of benzene rings is 2. The maximum absolute atomic E-state index is 14.1. The molecular weight excluding hydrogens is 364 g/mol. The fourth-order valence-electron chi connectivity index (χ4n) is 2.32. The third-order valence-corrected chi connectivity index (χ3v) is 3.64. The maximum Gasteiger partial charge on any atom is 0.343 e. The van der Waals surface area contributed by atoms with Crippen molar-refractivity contribution in [3.63, 3.8) is 0 Å². The molecule has 0 aliphatic carbocycles. The standard InChI is InChI=1S/C20H18F4O3/c1-3-26-16-9-10-17(19(24)18(16)23)27-20(25)14-8-7-13(15(22)11-14)6-4-5-12(2)21/h5,7-11H,3-4,6H2,1-2H3/b12-5-. The van der Waals surface area contributed by atoms with Gasteiger partial charge < -0.3 is 9.47 Å². The number of esters is 1. The van der Waals surface area contributed by atoms with E-state index in [1.165, 1.54) is 25.1 Å². The van der Waals surface area contributed by atoms with Gasteiger partial charge in [-0.15, -0.1) is 0 Å². The number of hydrogen-bond donors (Lipinski definition) is 0. The molecule has 0 unspecified atom stereocenters. The van der Waals surface area contributed by atoms with Gasteiger partial charge in [-0.3, -0.25) is 0 Å². The highest BCUT2D eigenvalue weighted by atomic mass is 19.2. The van der Waals surface area contributed by atoms with Crippen LogP contribution in [0, 0.1) is 17.5 Å². The van der Waals surface area contributed by atoms with Crippen LogP contribution in [0.1, 0.15) is 36.2 Å². The zero-order valence-corrected chi connectivity index (χ0v) is 14.8. The fraction of sp³-hybridized carbons (Fsp3) is 0.250. The first-order valence-corrected chi connectivity index (χ1v) is 8.27. The van der Waals surface area contributed by atoms with E-state index in [0.29, 0.717) is 12.0 Å². The van der Waals surface area contributed by atoms with Gasteiger partial charge in [0.2, 0.25) is 11.6 Å². The Kier molecular flexibility index (Phi) is 6.98. The van der Waals surface area contributed by atoms with Crippen molar-refractivity contribution in [3.8, 4) is 11.5 Å². The summed E-state index contributed by atoms with van der Waals surface area (Å²) in [4.78, 5) is 12.1. The van der Waals surface area contributed by atoms with Crippen LogP contribution < -0.4 is 9.47 Å². The molecule has 0 saturated carbocycles. The van der Waals surface area contributed by atoms with Crippen molar-refractivity contribution in [2.75, 3.05) is 6.61 Å². The molecule has 0 atom stereocenters. The highest BCUT2D eigenvalue weighted by Crippen LogP contribution is 2.28. The number of rotatable bonds is 7. The van der Waals surface area contributed by atoms with Crippen LogP contribution in [0.25, 0.3) is 0 Å².